The summed E-state index contributed by atoms with van der Waals surface area (Å²) in [5, 5.41) is 0. The van der Waals surface area contributed by atoms with Gasteiger partial charge < -0.3 is 58.0 Å². The van der Waals surface area contributed by atoms with Crippen LogP contribution in [0.2, 0.25) is 0 Å². The van der Waals surface area contributed by atoms with Crippen LogP contribution in [0.15, 0.2) is 0 Å². The Bertz CT molecular complexity index is 2050. The normalized spacial score (nSPS) is 34.5. The van der Waals surface area contributed by atoms with Gasteiger partial charge in [0, 0.05) is 210 Å². The molecule has 0 bridgehead atoms. The highest BCUT2D eigenvalue weighted by atomic mass is 16.5. The molecule has 7 saturated heterocycles. The van der Waals surface area contributed by atoms with Crippen molar-refractivity contribution in [3.05, 3.63) is 0 Å². The molecule has 0 atom stereocenters. The van der Waals surface area contributed by atoms with Crippen LogP contribution in [-0.2, 0) is 23.7 Å². The fourth-order valence-electron chi connectivity index (χ4n) is 21.5. The van der Waals surface area contributed by atoms with Gasteiger partial charge in [-0.1, -0.05) is 58.8 Å². The molecular formula is C81H151N9O5. The molecule has 15 aliphatic rings. The molecule has 8 aliphatic carbocycles. The summed E-state index contributed by atoms with van der Waals surface area (Å²) in [6.07, 6.45) is 37.8. The fourth-order valence-corrected chi connectivity index (χ4v) is 21.5. The fraction of sp³-hybridized carbons (Fsp3) is 1.00. The van der Waals surface area contributed by atoms with Crippen LogP contribution in [0.4, 0.5) is 0 Å². The van der Waals surface area contributed by atoms with Gasteiger partial charge in [0.2, 0.25) is 0 Å². The maximum absolute atomic E-state index is 5.53. The number of methoxy groups -OCH3 is 2. The van der Waals surface area contributed by atoms with E-state index < -0.39 is 0 Å². The van der Waals surface area contributed by atoms with Crippen LogP contribution in [0.5, 0.6) is 0 Å². The van der Waals surface area contributed by atoms with Gasteiger partial charge in [-0.2, -0.15) is 0 Å². The van der Waals surface area contributed by atoms with Crippen molar-refractivity contribution >= 4 is 0 Å². The van der Waals surface area contributed by atoms with Gasteiger partial charge in [0.1, 0.15) is 0 Å². The van der Waals surface area contributed by atoms with E-state index in [-0.39, 0.29) is 0 Å². The first kappa shape index (κ1) is 75.6. The lowest BCUT2D eigenvalue weighted by molar-refractivity contribution is -0.0659. The van der Waals surface area contributed by atoms with Gasteiger partial charge in [0.15, 0.2) is 0 Å². The second kappa shape index (κ2) is 38.3. The molecule has 0 aromatic carbocycles. The smallest absolute Gasteiger partial charge is 0.0494 e. The van der Waals surface area contributed by atoms with E-state index in [4.69, 9.17) is 23.7 Å². The van der Waals surface area contributed by atoms with Gasteiger partial charge in [-0.3, -0.25) is 9.80 Å². The van der Waals surface area contributed by atoms with Crippen LogP contribution in [0.25, 0.3) is 0 Å². The van der Waals surface area contributed by atoms with E-state index in [1.54, 1.807) is 0 Å². The number of piperazine rings is 2. The summed E-state index contributed by atoms with van der Waals surface area (Å²) in [6, 6.07) is 1.73. The Labute approximate surface area is 584 Å². The average molecular weight is 1330 g/mol. The molecule has 8 saturated carbocycles. The summed E-state index contributed by atoms with van der Waals surface area (Å²) in [4.78, 5) is 24.2. The second-order valence-corrected chi connectivity index (χ2v) is 35.6. The first-order valence-corrected chi connectivity index (χ1v) is 41.7. The first-order chi connectivity index (χ1) is 46.4. The maximum Gasteiger partial charge on any atom is 0.0494 e. The highest BCUT2D eigenvalue weighted by molar-refractivity contribution is 5.01. The Kier molecular flexibility index (Phi) is 30.5. The quantitative estimate of drug-likeness (QED) is 0.0783. The molecular weight excluding hydrogens is 1180 g/mol. The Morgan fingerprint density at radius 3 is 1.02 bits per heavy atom. The van der Waals surface area contributed by atoms with Gasteiger partial charge in [-0.25, -0.2) is 0 Å². The zero-order chi connectivity index (χ0) is 65.9. The van der Waals surface area contributed by atoms with Gasteiger partial charge >= 0.3 is 0 Å². The minimum absolute atomic E-state index is 0.708. The zero-order valence-electron chi connectivity index (χ0n) is 63.2. The van der Waals surface area contributed by atoms with Crippen molar-refractivity contribution in [2.45, 2.75) is 214 Å². The summed E-state index contributed by atoms with van der Waals surface area (Å²) in [5.41, 5.74) is 2.22. The van der Waals surface area contributed by atoms with Crippen molar-refractivity contribution in [2.24, 2.45) is 75.4 Å². The predicted octanol–water partition coefficient (Wildman–Crippen LogP) is 12.3. The number of nitrogens with zero attached hydrogens (tertiary/aromatic N) is 9. The van der Waals surface area contributed by atoms with Gasteiger partial charge in [0.25, 0.3) is 0 Å². The first-order valence-electron chi connectivity index (χ1n) is 41.7. The van der Waals surface area contributed by atoms with Crippen LogP contribution < -0.4 is 0 Å². The summed E-state index contributed by atoms with van der Waals surface area (Å²) in [7, 11) is 3.65. The predicted molar refractivity (Wildman–Crippen MR) is 393 cm³/mol. The van der Waals surface area contributed by atoms with Crippen LogP contribution in [-0.4, -0.2) is 287 Å². The molecule has 15 fully saturated rings. The minimum atomic E-state index is 0.708. The van der Waals surface area contributed by atoms with E-state index in [2.05, 4.69) is 78.7 Å². The minimum Gasteiger partial charge on any atom is -0.384 e. The van der Waals surface area contributed by atoms with Crippen LogP contribution in [0.1, 0.15) is 202 Å². The van der Waals surface area contributed by atoms with Gasteiger partial charge in [-0.05, 0) is 251 Å². The molecule has 14 heteroatoms. The van der Waals surface area contributed by atoms with Crippen molar-refractivity contribution in [1.82, 2.24) is 44.1 Å². The van der Waals surface area contributed by atoms with Crippen molar-refractivity contribution in [3.63, 3.8) is 0 Å². The zero-order valence-corrected chi connectivity index (χ0v) is 63.2. The molecule has 7 heterocycles. The summed E-state index contributed by atoms with van der Waals surface area (Å²) < 4.78 is 27.0. The van der Waals surface area contributed by atoms with Crippen molar-refractivity contribution in [2.75, 3.05) is 231 Å². The molecule has 14 nitrogen and oxygen atoms in total. The Balaban J connectivity index is 0.000000121. The molecule has 0 amide bonds. The van der Waals surface area contributed by atoms with Gasteiger partial charge in [0.05, 0.1) is 0 Å². The standard InChI is InChI=1S/C17H32N2O.C17H31NO.C16H31N3O.C16H29NO.C15H28N2O/c1-3-18-7-5-17(6-8-18)13-19(14-17)11-15-9-16(10-15)12-20-4-2;1-2-19-13-16-10-15(11-16)12-18-9-8-17(14-18)6-4-3-5-7-17;1-3-17-10-15(11-17)12-18-4-6-19(7-5-18)16-8-14(9-16)13-20-2;1-2-18-11-15-8-14(9-15)10-17-12-16(13-17)6-4-3-5-7-16;1-18-12-14-9-15(10-14)17-7-5-16(6-8-17)11-13-3-2-4-13/h15-16H,3-14H2,1-2H3;15-16H,2-14H2,1H3;14-16H,3-13H2,1-2H3;14-15H,2-13H2,1H3;13-15H,2-12H2,1H3. The Morgan fingerprint density at radius 1 is 0.284 bits per heavy atom. The number of hydrogen-bond acceptors (Lipinski definition) is 14. The summed E-state index contributed by atoms with van der Waals surface area (Å²) in [6.45, 7) is 51.9. The van der Waals surface area contributed by atoms with Crippen molar-refractivity contribution < 1.29 is 23.7 Å². The van der Waals surface area contributed by atoms with Crippen molar-refractivity contribution in [3.8, 4) is 0 Å². The number of likely N-dealkylation sites (tertiary alicyclic amines) is 5. The molecule has 15 rings (SSSR count). The van der Waals surface area contributed by atoms with E-state index in [0.29, 0.717) is 5.41 Å². The monoisotopic (exact) mass is 1330 g/mol. The average Bonchev–Trinajstić information content (AvgIpc) is 1.38. The molecule has 0 unspecified atom stereocenters. The highest BCUT2D eigenvalue weighted by Crippen LogP contribution is 2.48. The highest BCUT2D eigenvalue weighted by Gasteiger charge is 2.48. The topological polar surface area (TPSA) is 75.3 Å². The van der Waals surface area contributed by atoms with E-state index >= 15 is 0 Å². The third kappa shape index (κ3) is 22.5. The van der Waals surface area contributed by atoms with Crippen LogP contribution in [0, 0.1) is 75.4 Å². The lowest BCUT2D eigenvalue weighted by Gasteiger charge is -2.55. The van der Waals surface area contributed by atoms with E-state index in [1.165, 1.54) is 331 Å². The van der Waals surface area contributed by atoms with Crippen LogP contribution >= 0.6 is 0 Å². The molecule has 0 aromatic rings. The third-order valence-electron chi connectivity index (χ3n) is 28.0. The Hall–Kier alpha value is -0.560. The lowest BCUT2D eigenvalue weighted by Crippen LogP contribution is -2.61. The largest absolute Gasteiger partial charge is 0.384 e. The number of hydrogen-bond donors (Lipinski definition) is 0. The second-order valence-electron chi connectivity index (χ2n) is 35.6. The van der Waals surface area contributed by atoms with Crippen molar-refractivity contribution in [1.29, 1.82) is 0 Å². The maximum atomic E-state index is 5.53. The molecule has 0 aromatic heterocycles. The molecule has 550 valence electrons. The van der Waals surface area contributed by atoms with Gasteiger partial charge in [-0.15, -0.1) is 0 Å². The van der Waals surface area contributed by atoms with E-state index in [9.17, 15) is 0 Å². The van der Waals surface area contributed by atoms with E-state index in [0.717, 1.165) is 135 Å². The third-order valence-corrected chi connectivity index (χ3v) is 28.0. The number of rotatable bonds is 27. The molecule has 3 spiro atoms. The molecule has 95 heavy (non-hydrogen) atoms. The molecule has 0 N–H and O–H groups in total. The number of ether oxygens (including phenoxy) is 5. The Morgan fingerprint density at radius 2 is 0.632 bits per heavy atom. The molecule has 7 aliphatic heterocycles. The number of piperidine rings is 1. The van der Waals surface area contributed by atoms with Crippen LogP contribution in [0.3, 0.4) is 0 Å². The summed E-state index contributed by atoms with van der Waals surface area (Å²) in [5.74, 6) is 9.18. The summed E-state index contributed by atoms with van der Waals surface area (Å²) >= 11 is 0. The molecule has 0 radical (unpaired) electrons. The SMILES string of the molecule is CCN1CC(CN2CCN(C3CC(COC)C3)CC2)C1.CCOCC1CC(CN2CC3(CCCCC3)C2)C1.CCOCC1CC(CN2CC3(CCN(CC)CC3)C2)C1.CCOCC1CC(CN2CCC3(CCCCC3)C2)C1.COCC1CC(N2CCN(CC3CCC3)CC2)C1. The van der Waals surface area contributed by atoms with E-state index in [1.807, 2.05) is 14.2 Å². The lowest BCUT2D eigenvalue weighted by atomic mass is 9.67.